The van der Waals surface area contributed by atoms with Crippen LogP contribution in [0.25, 0.3) is 0 Å². The van der Waals surface area contributed by atoms with E-state index >= 15 is 0 Å². The zero-order valence-electron chi connectivity index (χ0n) is 11.6. The number of alkyl halides is 1. The van der Waals surface area contributed by atoms with E-state index in [1.807, 2.05) is 32.9 Å². The van der Waals surface area contributed by atoms with Crippen LogP contribution in [0.1, 0.15) is 19.4 Å². The van der Waals surface area contributed by atoms with Gasteiger partial charge in [-0.05, 0) is 32.9 Å². The number of aryl methyl sites for hydroxylation is 1. The maximum Gasteiger partial charge on any atom is 0.243 e. The van der Waals surface area contributed by atoms with E-state index in [2.05, 4.69) is 29.2 Å². The third kappa shape index (κ3) is 4.29. The van der Waals surface area contributed by atoms with E-state index in [0.717, 1.165) is 15.6 Å². The Labute approximate surface area is 129 Å². The molecule has 0 aromatic heterocycles. The minimum Gasteiger partial charge on any atom is -0.207 e. The second kappa shape index (κ2) is 6.85. The molecule has 1 aromatic carbocycles. The van der Waals surface area contributed by atoms with Crippen LogP contribution >= 0.6 is 22.6 Å². The van der Waals surface area contributed by atoms with E-state index in [0.29, 0.717) is 11.4 Å². The maximum absolute atomic E-state index is 12.7. The zero-order chi connectivity index (χ0) is 14.6. The Morgan fingerprint density at radius 3 is 2.32 bits per heavy atom. The number of nitrogens with zero attached hydrogens (tertiary/aromatic N) is 1. The second-order valence-corrected chi connectivity index (χ2v) is 7.60. The predicted molar refractivity (Wildman–Crippen MR) is 88.2 cm³/mol. The van der Waals surface area contributed by atoms with Crippen molar-refractivity contribution in [2.24, 2.45) is 0 Å². The molecule has 0 fully saturated rings. The molecule has 106 valence electrons. The van der Waals surface area contributed by atoms with Crippen LogP contribution in [-0.2, 0) is 10.0 Å². The molecule has 0 spiro atoms. The largest absolute Gasteiger partial charge is 0.243 e. The molecule has 0 saturated carbocycles. The Bertz CT molecular complexity index is 537. The highest BCUT2D eigenvalue weighted by Crippen LogP contribution is 2.20. The van der Waals surface area contributed by atoms with Gasteiger partial charge in [-0.15, -0.1) is 0 Å². The summed E-state index contributed by atoms with van der Waals surface area (Å²) in [5, 5.41) is 0. The summed E-state index contributed by atoms with van der Waals surface area (Å²) < 4.78 is 27.6. The number of hydrogen-bond donors (Lipinski definition) is 0. The van der Waals surface area contributed by atoms with Gasteiger partial charge in [0.2, 0.25) is 10.0 Å². The van der Waals surface area contributed by atoms with E-state index in [-0.39, 0.29) is 6.04 Å². The molecule has 0 radical (unpaired) electrons. The first-order valence-electron chi connectivity index (χ1n) is 6.08. The summed E-state index contributed by atoms with van der Waals surface area (Å²) in [6.07, 6.45) is 0. The van der Waals surface area contributed by atoms with E-state index in [1.54, 1.807) is 12.1 Å². The van der Waals surface area contributed by atoms with Crippen molar-refractivity contribution in [3.8, 4) is 0 Å². The molecular formula is C14H20INO2S. The first-order valence-corrected chi connectivity index (χ1v) is 9.04. The van der Waals surface area contributed by atoms with Gasteiger partial charge < -0.3 is 0 Å². The molecule has 3 nitrogen and oxygen atoms in total. The minimum atomic E-state index is -3.46. The van der Waals surface area contributed by atoms with Crippen molar-refractivity contribution in [1.29, 1.82) is 0 Å². The summed E-state index contributed by atoms with van der Waals surface area (Å²) in [5.41, 5.74) is 1.89. The molecule has 5 heteroatoms. The van der Waals surface area contributed by atoms with E-state index in [1.165, 1.54) is 4.31 Å². The first kappa shape index (κ1) is 16.7. The molecule has 1 atom stereocenters. The summed E-state index contributed by atoms with van der Waals surface area (Å²) in [5.74, 6) is 0. The molecule has 0 aliphatic heterocycles. The van der Waals surface area contributed by atoms with Crippen LogP contribution in [0.15, 0.2) is 41.3 Å². The van der Waals surface area contributed by atoms with Gasteiger partial charge in [0.1, 0.15) is 0 Å². The summed E-state index contributed by atoms with van der Waals surface area (Å²) >= 11 is 2.20. The SMILES string of the molecule is C=C(C)CN([C@@H](C)CI)S(=O)(=O)c1ccc(C)cc1. The molecule has 0 saturated heterocycles. The quantitative estimate of drug-likeness (QED) is 0.422. The van der Waals surface area contributed by atoms with Crippen LogP contribution in [0, 0.1) is 6.92 Å². The molecular weight excluding hydrogens is 373 g/mol. The summed E-state index contributed by atoms with van der Waals surface area (Å²) in [6, 6.07) is 6.91. The fraction of sp³-hybridized carbons (Fsp3) is 0.429. The molecule has 0 N–H and O–H groups in total. The van der Waals surface area contributed by atoms with E-state index < -0.39 is 10.0 Å². The van der Waals surface area contributed by atoms with Crippen molar-refractivity contribution < 1.29 is 8.42 Å². The third-order valence-electron chi connectivity index (χ3n) is 2.77. The van der Waals surface area contributed by atoms with Gasteiger partial charge in [-0.25, -0.2) is 8.42 Å². The number of rotatable bonds is 6. The van der Waals surface area contributed by atoms with Gasteiger partial charge in [-0.1, -0.05) is 52.4 Å². The van der Waals surface area contributed by atoms with Crippen molar-refractivity contribution in [1.82, 2.24) is 4.31 Å². The Morgan fingerprint density at radius 1 is 1.37 bits per heavy atom. The summed E-state index contributed by atoms with van der Waals surface area (Å²) in [4.78, 5) is 0.344. The topological polar surface area (TPSA) is 37.4 Å². The van der Waals surface area contributed by atoms with Gasteiger partial charge in [0.15, 0.2) is 0 Å². The Morgan fingerprint density at radius 2 is 1.89 bits per heavy atom. The molecule has 0 aliphatic rings. The number of benzene rings is 1. The van der Waals surface area contributed by atoms with Crippen LogP contribution in [0.4, 0.5) is 0 Å². The van der Waals surface area contributed by atoms with Crippen molar-refractivity contribution in [3.63, 3.8) is 0 Å². The fourth-order valence-electron chi connectivity index (χ4n) is 1.67. The Balaban J connectivity index is 3.18. The van der Waals surface area contributed by atoms with Crippen molar-refractivity contribution >= 4 is 32.6 Å². The van der Waals surface area contributed by atoms with Gasteiger partial charge in [0, 0.05) is 17.0 Å². The van der Waals surface area contributed by atoms with Gasteiger partial charge >= 0.3 is 0 Å². The normalized spacial score (nSPS) is 13.5. The highest BCUT2D eigenvalue weighted by molar-refractivity contribution is 14.1. The Hall–Kier alpha value is -0.400. The summed E-state index contributed by atoms with van der Waals surface area (Å²) in [6.45, 7) is 9.89. The molecule has 1 aromatic rings. The fourth-order valence-corrected chi connectivity index (χ4v) is 4.10. The van der Waals surface area contributed by atoms with Crippen LogP contribution in [-0.4, -0.2) is 29.7 Å². The average Bonchev–Trinajstić information content (AvgIpc) is 2.35. The molecule has 0 amide bonds. The highest BCUT2D eigenvalue weighted by atomic mass is 127. The first-order chi connectivity index (χ1) is 8.78. The third-order valence-corrected chi connectivity index (χ3v) is 6.02. The average molecular weight is 393 g/mol. The van der Waals surface area contributed by atoms with Crippen LogP contribution in [0.2, 0.25) is 0 Å². The van der Waals surface area contributed by atoms with Crippen molar-refractivity contribution in [2.45, 2.75) is 31.7 Å². The molecule has 0 heterocycles. The van der Waals surface area contributed by atoms with Crippen molar-refractivity contribution in [2.75, 3.05) is 11.0 Å². The highest BCUT2D eigenvalue weighted by Gasteiger charge is 2.28. The van der Waals surface area contributed by atoms with E-state index in [9.17, 15) is 8.42 Å². The number of halogens is 1. The molecule has 0 unspecified atom stereocenters. The lowest BCUT2D eigenvalue weighted by atomic mass is 10.2. The van der Waals surface area contributed by atoms with Crippen LogP contribution < -0.4 is 0 Å². The molecule has 1 rings (SSSR count). The monoisotopic (exact) mass is 393 g/mol. The molecule has 19 heavy (non-hydrogen) atoms. The summed E-state index contributed by atoms with van der Waals surface area (Å²) in [7, 11) is -3.46. The lowest BCUT2D eigenvalue weighted by molar-refractivity contribution is 0.383. The maximum atomic E-state index is 12.7. The molecule has 0 aliphatic carbocycles. The lowest BCUT2D eigenvalue weighted by Gasteiger charge is -2.27. The van der Waals surface area contributed by atoms with Crippen LogP contribution in [0.3, 0.4) is 0 Å². The molecule has 0 bridgehead atoms. The minimum absolute atomic E-state index is 0.0522. The van der Waals surface area contributed by atoms with Crippen molar-refractivity contribution in [3.05, 3.63) is 42.0 Å². The van der Waals surface area contributed by atoms with Gasteiger partial charge in [-0.2, -0.15) is 4.31 Å². The predicted octanol–water partition coefficient (Wildman–Crippen LogP) is 3.39. The lowest BCUT2D eigenvalue weighted by Crippen LogP contribution is -2.40. The van der Waals surface area contributed by atoms with Gasteiger partial charge in [0.25, 0.3) is 0 Å². The van der Waals surface area contributed by atoms with E-state index in [4.69, 9.17) is 0 Å². The van der Waals surface area contributed by atoms with Gasteiger partial charge in [0.05, 0.1) is 4.90 Å². The number of sulfonamides is 1. The standard InChI is InChI=1S/C14H20INO2S/c1-11(2)10-16(13(4)9-15)19(17,18)14-7-5-12(3)6-8-14/h5-8,13H,1,9-10H2,2-4H3/t13-/m0/s1. The van der Waals surface area contributed by atoms with Crippen LogP contribution in [0.5, 0.6) is 0 Å². The van der Waals surface area contributed by atoms with Gasteiger partial charge in [-0.3, -0.25) is 0 Å². The second-order valence-electron chi connectivity index (χ2n) is 4.82. The Kier molecular flexibility index (Phi) is 6.01. The smallest absolute Gasteiger partial charge is 0.207 e. The zero-order valence-corrected chi connectivity index (χ0v) is 14.5. The number of hydrogen-bond acceptors (Lipinski definition) is 2.